The van der Waals surface area contributed by atoms with Crippen molar-refractivity contribution in [1.29, 1.82) is 0 Å². The van der Waals surface area contributed by atoms with E-state index in [-0.39, 0.29) is 6.61 Å². The Morgan fingerprint density at radius 3 is 2.95 bits per heavy atom. The van der Waals surface area contributed by atoms with Gasteiger partial charge < -0.3 is 9.84 Å². The number of rotatable bonds is 3. The fourth-order valence-corrected chi connectivity index (χ4v) is 2.91. The Morgan fingerprint density at radius 1 is 1.33 bits per heavy atom. The van der Waals surface area contributed by atoms with Gasteiger partial charge in [-0.3, -0.25) is 4.90 Å². The molecule has 0 radical (unpaired) electrons. The summed E-state index contributed by atoms with van der Waals surface area (Å²) in [6.07, 6.45) is 5.21. The van der Waals surface area contributed by atoms with Crippen molar-refractivity contribution in [2.45, 2.75) is 45.2 Å². The monoisotopic (exact) mass is 287 g/mol. The minimum atomic E-state index is -0.107. The van der Waals surface area contributed by atoms with Crippen molar-refractivity contribution in [1.82, 2.24) is 4.90 Å². The molecule has 1 N–H and O–H groups in total. The van der Waals surface area contributed by atoms with Gasteiger partial charge in [-0.15, -0.1) is 0 Å². The first-order chi connectivity index (χ1) is 10.2. The number of hydrogen-bond acceptors (Lipinski definition) is 3. The molecular weight excluding hydrogens is 262 g/mol. The minimum Gasteiger partial charge on any atom is -0.496 e. The molecule has 1 atom stereocenters. The van der Waals surface area contributed by atoms with Crippen LogP contribution in [0.15, 0.2) is 18.2 Å². The predicted molar refractivity (Wildman–Crippen MR) is 85.3 cm³/mol. The molecule has 0 saturated carbocycles. The maximum absolute atomic E-state index is 8.82. The predicted octanol–water partition coefficient (Wildman–Crippen LogP) is 2.80. The van der Waals surface area contributed by atoms with Crippen molar-refractivity contribution in [2.24, 2.45) is 0 Å². The Labute approximate surface area is 127 Å². The van der Waals surface area contributed by atoms with Crippen LogP contribution in [0, 0.1) is 11.8 Å². The van der Waals surface area contributed by atoms with E-state index in [9.17, 15) is 0 Å². The van der Waals surface area contributed by atoms with Crippen LogP contribution in [-0.2, 0) is 6.54 Å². The zero-order chi connectivity index (χ0) is 15.1. The molecule has 1 saturated heterocycles. The van der Waals surface area contributed by atoms with Gasteiger partial charge in [-0.25, -0.2) is 0 Å². The van der Waals surface area contributed by atoms with E-state index < -0.39 is 0 Å². The fourth-order valence-electron chi connectivity index (χ4n) is 2.91. The van der Waals surface area contributed by atoms with Crippen molar-refractivity contribution in [3.05, 3.63) is 29.3 Å². The lowest BCUT2D eigenvalue weighted by molar-refractivity contribution is 0.202. The van der Waals surface area contributed by atoms with E-state index in [2.05, 4.69) is 29.7 Å². The smallest absolute Gasteiger partial charge is 0.123 e. The molecule has 1 aromatic rings. The second-order valence-electron chi connectivity index (χ2n) is 5.66. The number of benzene rings is 1. The van der Waals surface area contributed by atoms with Gasteiger partial charge in [0.15, 0.2) is 0 Å². The first-order valence-electron chi connectivity index (χ1n) is 7.75. The topological polar surface area (TPSA) is 32.7 Å². The summed E-state index contributed by atoms with van der Waals surface area (Å²) in [7, 11) is 1.71. The third-order valence-corrected chi connectivity index (χ3v) is 4.16. The minimum absolute atomic E-state index is 0.107. The van der Waals surface area contributed by atoms with Gasteiger partial charge in [-0.1, -0.05) is 24.7 Å². The van der Waals surface area contributed by atoms with Crippen LogP contribution in [0.5, 0.6) is 5.75 Å². The molecule has 1 aliphatic heterocycles. The SMILES string of the molecule is COc1ccc(C#CCO)cc1CN1CCCCCC1C. The summed E-state index contributed by atoms with van der Waals surface area (Å²) in [5.74, 6) is 6.59. The van der Waals surface area contributed by atoms with E-state index in [4.69, 9.17) is 9.84 Å². The van der Waals surface area contributed by atoms with E-state index in [0.717, 1.165) is 24.4 Å². The maximum atomic E-state index is 8.82. The molecule has 1 aliphatic rings. The van der Waals surface area contributed by atoms with Crippen LogP contribution >= 0.6 is 0 Å². The summed E-state index contributed by atoms with van der Waals surface area (Å²) in [5.41, 5.74) is 2.11. The van der Waals surface area contributed by atoms with Gasteiger partial charge >= 0.3 is 0 Å². The summed E-state index contributed by atoms with van der Waals surface area (Å²) >= 11 is 0. The molecule has 0 aliphatic carbocycles. The molecule has 1 heterocycles. The van der Waals surface area contributed by atoms with Crippen LogP contribution in [0.25, 0.3) is 0 Å². The number of hydrogen-bond donors (Lipinski definition) is 1. The second kappa shape index (κ2) is 8.07. The molecule has 1 aromatic carbocycles. The quantitative estimate of drug-likeness (QED) is 0.868. The highest BCUT2D eigenvalue weighted by Gasteiger charge is 2.18. The van der Waals surface area contributed by atoms with Crippen LogP contribution < -0.4 is 4.74 Å². The molecule has 0 aromatic heterocycles. The third kappa shape index (κ3) is 4.49. The van der Waals surface area contributed by atoms with Crippen molar-refractivity contribution in [3.8, 4) is 17.6 Å². The fraction of sp³-hybridized carbons (Fsp3) is 0.556. The van der Waals surface area contributed by atoms with Gasteiger partial charge in [0, 0.05) is 23.7 Å². The molecule has 114 valence electrons. The molecule has 3 heteroatoms. The Balaban J connectivity index is 2.19. The Bertz CT molecular complexity index is 516. The molecular formula is C18H25NO2. The lowest BCUT2D eigenvalue weighted by atomic mass is 10.1. The lowest BCUT2D eigenvalue weighted by Crippen LogP contribution is -2.32. The number of ether oxygens (including phenoxy) is 1. The first-order valence-corrected chi connectivity index (χ1v) is 7.75. The average Bonchev–Trinajstić information content (AvgIpc) is 2.70. The molecule has 21 heavy (non-hydrogen) atoms. The summed E-state index contributed by atoms with van der Waals surface area (Å²) in [6.45, 7) is 4.26. The van der Waals surface area contributed by atoms with Crippen molar-refractivity contribution >= 4 is 0 Å². The first kappa shape index (κ1) is 15.9. The van der Waals surface area contributed by atoms with E-state index in [1.807, 2.05) is 12.1 Å². The van der Waals surface area contributed by atoms with Crippen molar-refractivity contribution < 1.29 is 9.84 Å². The second-order valence-corrected chi connectivity index (χ2v) is 5.66. The third-order valence-electron chi connectivity index (χ3n) is 4.16. The number of likely N-dealkylation sites (tertiary alicyclic amines) is 1. The van der Waals surface area contributed by atoms with Crippen LogP contribution in [-0.4, -0.2) is 36.3 Å². The zero-order valence-corrected chi connectivity index (χ0v) is 13.1. The van der Waals surface area contributed by atoms with Crippen molar-refractivity contribution in [2.75, 3.05) is 20.3 Å². The Hall–Kier alpha value is -1.50. The average molecular weight is 287 g/mol. The standard InChI is InChI=1S/C18H25NO2/c1-15-7-4-3-5-11-19(15)14-17-13-16(8-6-12-20)9-10-18(17)21-2/h9-10,13,15,20H,3-5,7,11-12,14H2,1-2H3. The van der Waals surface area contributed by atoms with Gasteiger partial charge in [0.1, 0.15) is 12.4 Å². The number of methoxy groups -OCH3 is 1. The maximum Gasteiger partial charge on any atom is 0.123 e. The molecule has 0 amide bonds. The molecule has 1 fully saturated rings. The van der Waals surface area contributed by atoms with Crippen LogP contribution in [0.2, 0.25) is 0 Å². The largest absolute Gasteiger partial charge is 0.496 e. The van der Waals surface area contributed by atoms with Crippen molar-refractivity contribution in [3.63, 3.8) is 0 Å². The molecule has 2 rings (SSSR count). The van der Waals surface area contributed by atoms with Gasteiger partial charge in [0.25, 0.3) is 0 Å². The Kier molecular flexibility index (Phi) is 6.10. The molecule has 0 spiro atoms. The molecule has 0 bridgehead atoms. The number of aliphatic hydroxyl groups is 1. The molecule has 1 unspecified atom stereocenters. The highest BCUT2D eigenvalue weighted by molar-refractivity contribution is 5.44. The summed E-state index contributed by atoms with van der Waals surface area (Å²) in [6, 6.07) is 6.61. The summed E-state index contributed by atoms with van der Waals surface area (Å²) < 4.78 is 5.49. The van der Waals surface area contributed by atoms with E-state index in [1.165, 1.54) is 31.2 Å². The van der Waals surface area contributed by atoms with E-state index in [0.29, 0.717) is 6.04 Å². The normalized spacial score (nSPS) is 19.5. The highest BCUT2D eigenvalue weighted by atomic mass is 16.5. The molecule has 3 nitrogen and oxygen atoms in total. The van der Waals surface area contributed by atoms with Crippen LogP contribution in [0.1, 0.15) is 43.7 Å². The highest BCUT2D eigenvalue weighted by Crippen LogP contribution is 2.25. The summed E-state index contributed by atoms with van der Waals surface area (Å²) in [5, 5.41) is 8.82. The van der Waals surface area contributed by atoms with Crippen LogP contribution in [0.3, 0.4) is 0 Å². The van der Waals surface area contributed by atoms with Gasteiger partial charge in [-0.05, 0) is 44.5 Å². The number of aliphatic hydroxyl groups excluding tert-OH is 1. The van der Waals surface area contributed by atoms with E-state index in [1.54, 1.807) is 7.11 Å². The van der Waals surface area contributed by atoms with Gasteiger partial charge in [0.05, 0.1) is 7.11 Å². The van der Waals surface area contributed by atoms with Crippen LogP contribution in [0.4, 0.5) is 0 Å². The van der Waals surface area contributed by atoms with Gasteiger partial charge in [0.2, 0.25) is 0 Å². The van der Waals surface area contributed by atoms with Gasteiger partial charge in [-0.2, -0.15) is 0 Å². The summed E-state index contributed by atoms with van der Waals surface area (Å²) in [4.78, 5) is 2.54. The van der Waals surface area contributed by atoms with E-state index >= 15 is 0 Å². The number of nitrogens with zero attached hydrogens (tertiary/aromatic N) is 1. The zero-order valence-electron chi connectivity index (χ0n) is 13.1. The lowest BCUT2D eigenvalue weighted by Gasteiger charge is -2.27. The Morgan fingerprint density at radius 2 is 2.19 bits per heavy atom.